The molecule has 0 aromatic rings. The quantitative estimate of drug-likeness (QED) is 0.746. The summed E-state index contributed by atoms with van der Waals surface area (Å²) < 4.78 is 0. The van der Waals surface area contributed by atoms with E-state index < -0.39 is 0 Å². The zero-order chi connectivity index (χ0) is 13.0. The molecule has 2 fully saturated rings. The molecule has 0 radical (unpaired) electrons. The first kappa shape index (κ1) is 14.3. The lowest BCUT2D eigenvalue weighted by molar-refractivity contribution is 0.110. The third-order valence-electron chi connectivity index (χ3n) is 4.72. The summed E-state index contributed by atoms with van der Waals surface area (Å²) in [7, 11) is 0. The highest BCUT2D eigenvalue weighted by molar-refractivity contribution is 4.88. The van der Waals surface area contributed by atoms with E-state index in [1.54, 1.807) is 0 Å². The summed E-state index contributed by atoms with van der Waals surface area (Å²) in [6, 6.07) is 1.62. The minimum Gasteiger partial charge on any atom is -0.313 e. The predicted octanol–water partition coefficient (Wildman–Crippen LogP) is 1.79. The molecule has 1 heterocycles. The number of likely N-dealkylation sites (N-methyl/N-ethyl adjacent to an activating group) is 1. The Morgan fingerprint density at radius 2 is 1.78 bits per heavy atom. The maximum absolute atomic E-state index is 3.67. The standard InChI is InChI=1S/C15H31N3/c1-4-13(3)15(16-5-2)12-17-8-10-18(11-9-17)14-6-7-14/h13-16H,4-12H2,1-3H3. The average molecular weight is 253 g/mol. The van der Waals surface area contributed by atoms with E-state index >= 15 is 0 Å². The summed E-state index contributed by atoms with van der Waals surface area (Å²) >= 11 is 0. The SMILES string of the molecule is CCNC(CN1CCN(C2CC2)CC1)C(C)CC. The third-order valence-corrected chi connectivity index (χ3v) is 4.72. The number of nitrogens with one attached hydrogen (secondary N) is 1. The molecule has 1 aliphatic carbocycles. The van der Waals surface area contributed by atoms with Gasteiger partial charge in [0, 0.05) is 44.8 Å². The highest BCUT2D eigenvalue weighted by Gasteiger charge is 2.31. The van der Waals surface area contributed by atoms with Gasteiger partial charge in [0.2, 0.25) is 0 Å². The van der Waals surface area contributed by atoms with E-state index in [4.69, 9.17) is 0 Å². The Morgan fingerprint density at radius 1 is 1.11 bits per heavy atom. The van der Waals surface area contributed by atoms with E-state index in [1.807, 2.05) is 0 Å². The Kier molecular flexibility index (Phi) is 5.46. The Labute approximate surface area is 113 Å². The molecule has 0 spiro atoms. The molecule has 2 unspecified atom stereocenters. The van der Waals surface area contributed by atoms with Crippen LogP contribution in [0.3, 0.4) is 0 Å². The van der Waals surface area contributed by atoms with Crippen LogP contribution in [-0.2, 0) is 0 Å². The fourth-order valence-corrected chi connectivity index (χ4v) is 3.02. The van der Waals surface area contributed by atoms with Crippen molar-refractivity contribution >= 4 is 0 Å². The van der Waals surface area contributed by atoms with E-state index in [2.05, 4.69) is 35.9 Å². The zero-order valence-electron chi connectivity index (χ0n) is 12.5. The van der Waals surface area contributed by atoms with Crippen molar-refractivity contribution in [2.24, 2.45) is 5.92 Å². The molecule has 0 aromatic heterocycles. The molecule has 2 rings (SSSR count). The predicted molar refractivity (Wildman–Crippen MR) is 78.0 cm³/mol. The van der Waals surface area contributed by atoms with E-state index in [1.165, 1.54) is 52.0 Å². The minimum absolute atomic E-state index is 0.674. The molecule has 0 amide bonds. The molecule has 3 heteroatoms. The summed E-state index contributed by atoms with van der Waals surface area (Å²) in [5.74, 6) is 0.784. The van der Waals surface area contributed by atoms with Crippen LogP contribution in [0, 0.1) is 5.92 Å². The molecule has 1 saturated carbocycles. The van der Waals surface area contributed by atoms with Crippen LogP contribution in [0.25, 0.3) is 0 Å². The molecule has 0 aromatic carbocycles. The maximum Gasteiger partial charge on any atom is 0.0220 e. The molecule has 1 saturated heterocycles. The lowest BCUT2D eigenvalue weighted by Crippen LogP contribution is -2.52. The van der Waals surface area contributed by atoms with Crippen molar-refractivity contribution in [2.45, 2.75) is 52.1 Å². The number of hydrogen-bond acceptors (Lipinski definition) is 3. The summed E-state index contributed by atoms with van der Waals surface area (Å²) in [5, 5.41) is 3.67. The Hall–Kier alpha value is -0.120. The van der Waals surface area contributed by atoms with Crippen molar-refractivity contribution in [3.8, 4) is 0 Å². The van der Waals surface area contributed by atoms with Gasteiger partial charge in [0.25, 0.3) is 0 Å². The number of nitrogens with zero attached hydrogens (tertiary/aromatic N) is 2. The van der Waals surface area contributed by atoms with Gasteiger partial charge in [-0.25, -0.2) is 0 Å². The molecule has 3 nitrogen and oxygen atoms in total. The Morgan fingerprint density at radius 3 is 2.28 bits per heavy atom. The molecule has 1 N–H and O–H groups in total. The van der Waals surface area contributed by atoms with E-state index in [9.17, 15) is 0 Å². The number of piperazine rings is 1. The van der Waals surface area contributed by atoms with Gasteiger partial charge in [-0.15, -0.1) is 0 Å². The van der Waals surface area contributed by atoms with Crippen LogP contribution in [0.2, 0.25) is 0 Å². The van der Waals surface area contributed by atoms with Gasteiger partial charge in [-0.05, 0) is 25.3 Å². The van der Waals surface area contributed by atoms with Gasteiger partial charge in [-0.3, -0.25) is 9.80 Å². The molecular weight excluding hydrogens is 222 g/mol. The Balaban J connectivity index is 1.73. The molecule has 2 atom stereocenters. The van der Waals surface area contributed by atoms with Crippen LogP contribution in [0.15, 0.2) is 0 Å². The first-order valence-corrected chi connectivity index (χ1v) is 7.94. The topological polar surface area (TPSA) is 18.5 Å². The lowest BCUT2D eigenvalue weighted by atomic mass is 9.98. The van der Waals surface area contributed by atoms with Gasteiger partial charge in [0.15, 0.2) is 0 Å². The van der Waals surface area contributed by atoms with E-state index in [0.717, 1.165) is 18.5 Å². The van der Waals surface area contributed by atoms with Crippen LogP contribution in [0.5, 0.6) is 0 Å². The molecule has 106 valence electrons. The summed E-state index contributed by atoms with van der Waals surface area (Å²) in [6.45, 7) is 14.4. The van der Waals surface area contributed by atoms with Crippen molar-refractivity contribution in [3.05, 3.63) is 0 Å². The molecular formula is C15H31N3. The van der Waals surface area contributed by atoms with Gasteiger partial charge in [0.05, 0.1) is 0 Å². The first-order valence-electron chi connectivity index (χ1n) is 7.94. The van der Waals surface area contributed by atoms with Gasteiger partial charge >= 0.3 is 0 Å². The molecule has 1 aliphatic heterocycles. The van der Waals surface area contributed by atoms with Gasteiger partial charge in [0.1, 0.15) is 0 Å². The fraction of sp³-hybridized carbons (Fsp3) is 1.00. The van der Waals surface area contributed by atoms with Gasteiger partial charge < -0.3 is 5.32 Å². The second-order valence-corrected chi connectivity index (χ2v) is 6.12. The van der Waals surface area contributed by atoms with Crippen molar-refractivity contribution < 1.29 is 0 Å². The largest absolute Gasteiger partial charge is 0.313 e. The van der Waals surface area contributed by atoms with Crippen LogP contribution in [0.1, 0.15) is 40.0 Å². The first-order chi connectivity index (χ1) is 8.74. The summed E-state index contributed by atoms with van der Waals surface area (Å²) in [6.07, 6.45) is 4.18. The average Bonchev–Trinajstić information content (AvgIpc) is 3.22. The number of rotatable bonds is 7. The summed E-state index contributed by atoms with van der Waals surface area (Å²) in [4.78, 5) is 5.36. The Bertz CT molecular complexity index is 232. The van der Waals surface area contributed by atoms with Gasteiger partial charge in [-0.2, -0.15) is 0 Å². The second-order valence-electron chi connectivity index (χ2n) is 6.12. The zero-order valence-corrected chi connectivity index (χ0v) is 12.5. The van der Waals surface area contributed by atoms with Crippen molar-refractivity contribution in [1.29, 1.82) is 0 Å². The van der Waals surface area contributed by atoms with Crippen molar-refractivity contribution in [1.82, 2.24) is 15.1 Å². The van der Waals surface area contributed by atoms with Crippen molar-refractivity contribution in [3.63, 3.8) is 0 Å². The van der Waals surface area contributed by atoms with Crippen LogP contribution < -0.4 is 5.32 Å². The highest BCUT2D eigenvalue weighted by atomic mass is 15.3. The number of hydrogen-bond donors (Lipinski definition) is 1. The van der Waals surface area contributed by atoms with Gasteiger partial charge in [-0.1, -0.05) is 27.2 Å². The third kappa shape index (κ3) is 3.94. The lowest BCUT2D eigenvalue weighted by Gasteiger charge is -2.38. The van der Waals surface area contributed by atoms with Crippen LogP contribution in [0.4, 0.5) is 0 Å². The smallest absolute Gasteiger partial charge is 0.0220 e. The summed E-state index contributed by atoms with van der Waals surface area (Å²) in [5.41, 5.74) is 0. The van der Waals surface area contributed by atoms with Crippen molar-refractivity contribution in [2.75, 3.05) is 39.3 Å². The molecule has 18 heavy (non-hydrogen) atoms. The highest BCUT2D eigenvalue weighted by Crippen LogP contribution is 2.27. The fourth-order valence-electron chi connectivity index (χ4n) is 3.02. The molecule has 2 aliphatic rings. The maximum atomic E-state index is 3.67. The van der Waals surface area contributed by atoms with Crippen LogP contribution in [-0.4, -0.2) is 61.2 Å². The second kappa shape index (κ2) is 6.88. The normalized spacial score (nSPS) is 26.2. The van der Waals surface area contributed by atoms with E-state index in [-0.39, 0.29) is 0 Å². The monoisotopic (exact) mass is 253 g/mol. The van der Waals surface area contributed by atoms with Crippen LogP contribution >= 0.6 is 0 Å². The van der Waals surface area contributed by atoms with E-state index in [0.29, 0.717) is 6.04 Å². The minimum atomic E-state index is 0.674. The molecule has 0 bridgehead atoms.